The molecule has 0 aliphatic heterocycles. The van der Waals surface area contributed by atoms with Crippen LogP contribution in [0.1, 0.15) is 7.43 Å². The van der Waals surface area contributed by atoms with Crippen molar-refractivity contribution in [2.45, 2.75) is 7.43 Å². The van der Waals surface area contributed by atoms with E-state index in [1.165, 1.54) is 0 Å². The molecule has 0 aromatic rings. The Balaban J connectivity index is 0. The summed E-state index contributed by atoms with van der Waals surface area (Å²) >= 11 is 0. The number of rotatable bonds is 0. The van der Waals surface area contributed by atoms with E-state index in [2.05, 4.69) is 5.50 Å². The number of nitrogens with two attached hydrogens (primary N) is 1. The fraction of sp³-hybridized carbons (Fsp3) is 1.00. The van der Waals surface area contributed by atoms with E-state index in [4.69, 9.17) is 4.89 Å². The van der Waals surface area contributed by atoms with Crippen LogP contribution in [0.4, 0.5) is 0 Å². The Labute approximate surface area is 27.9 Å². The van der Waals surface area contributed by atoms with Crippen LogP contribution < -0.4 is 5.50 Å². The van der Waals surface area contributed by atoms with Crippen molar-refractivity contribution in [2.75, 3.05) is 0 Å². The Bertz CT molecular complexity index is 8.00. The molecule has 2 nitrogen and oxygen atoms in total. The summed E-state index contributed by atoms with van der Waals surface area (Å²) < 4.78 is 0. The molecule has 1 unspecified atom stereocenters. The van der Waals surface area contributed by atoms with Gasteiger partial charge in [-0.1, -0.05) is 7.43 Å². The van der Waals surface area contributed by atoms with E-state index >= 15 is 0 Å². The van der Waals surface area contributed by atoms with Crippen molar-refractivity contribution in [2.24, 2.45) is 5.50 Å². The Hall–Kier alpha value is 0.350. The molecule has 0 aliphatic rings. The van der Waals surface area contributed by atoms with Gasteiger partial charge in [-0.05, 0) is 0 Å². The summed E-state index contributed by atoms with van der Waals surface area (Å²) in [5.74, 6) is 0. The fourth-order valence-electron chi connectivity index (χ4n) is 0. The summed E-state index contributed by atoms with van der Waals surface area (Å²) in [5, 5.41) is 0. The maximum atomic E-state index is 7.38. The van der Waals surface area contributed by atoms with Gasteiger partial charge in [0.15, 0.2) is 0 Å². The zero-order valence-corrected chi connectivity index (χ0v) is 2.52. The van der Waals surface area contributed by atoms with E-state index in [0.29, 0.717) is 0 Å². The second-order valence-corrected chi connectivity index (χ2v) is 0.387. The molecule has 0 saturated carbocycles. The van der Waals surface area contributed by atoms with Gasteiger partial charge in [-0.2, -0.15) is 0 Å². The van der Waals surface area contributed by atoms with Crippen LogP contribution in [-0.2, 0) is 0 Å². The third-order valence-electron chi connectivity index (χ3n) is 0. The molecule has 0 radical (unpaired) electrons. The van der Waals surface area contributed by atoms with E-state index in [9.17, 15) is 0 Å². The molecular formula is CH8NOP. The predicted molar refractivity (Wildman–Crippen MR) is 21.5 cm³/mol. The van der Waals surface area contributed by atoms with Crippen LogP contribution in [-0.4, -0.2) is 4.89 Å². The van der Waals surface area contributed by atoms with Crippen molar-refractivity contribution in [3.05, 3.63) is 0 Å². The molecule has 0 aromatic carbocycles. The molecule has 0 aromatic heterocycles. The Kier molecular flexibility index (Phi) is 22.4. The minimum absolute atomic E-state index is 0. The van der Waals surface area contributed by atoms with E-state index in [1.54, 1.807) is 0 Å². The molecular weight excluding hydrogens is 73.0 g/mol. The highest BCUT2D eigenvalue weighted by atomic mass is 31.1. The van der Waals surface area contributed by atoms with Gasteiger partial charge in [0.1, 0.15) is 0 Å². The van der Waals surface area contributed by atoms with Crippen molar-refractivity contribution in [3.8, 4) is 0 Å². The van der Waals surface area contributed by atoms with Gasteiger partial charge in [0.25, 0.3) is 0 Å². The van der Waals surface area contributed by atoms with E-state index in [0.717, 1.165) is 0 Å². The largest absolute Gasteiger partial charge is 0.362 e. The molecule has 0 aliphatic carbocycles. The fourth-order valence-corrected chi connectivity index (χ4v) is 0. The summed E-state index contributed by atoms with van der Waals surface area (Å²) in [6, 6.07) is 0. The highest BCUT2D eigenvalue weighted by Gasteiger charge is 1.31. The maximum Gasteiger partial charge on any atom is 0.0797 e. The van der Waals surface area contributed by atoms with Gasteiger partial charge >= 0.3 is 0 Å². The van der Waals surface area contributed by atoms with Crippen LogP contribution in [0.25, 0.3) is 0 Å². The first-order valence-electron chi connectivity index (χ1n) is 0.512. The lowest BCUT2D eigenvalue weighted by Crippen LogP contribution is -1.60. The van der Waals surface area contributed by atoms with E-state index < -0.39 is 8.96 Å². The molecule has 0 amide bonds. The van der Waals surface area contributed by atoms with E-state index in [1.807, 2.05) is 0 Å². The van der Waals surface area contributed by atoms with Crippen molar-refractivity contribution in [3.63, 3.8) is 0 Å². The van der Waals surface area contributed by atoms with Gasteiger partial charge in [-0.15, -0.1) is 0 Å². The van der Waals surface area contributed by atoms with Crippen LogP contribution in [0.3, 0.4) is 0 Å². The number of hydrogen-bond donors (Lipinski definition) is 2. The smallest absolute Gasteiger partial charge is 0.0797 e. The van der Waals surface area contributed by atoms with Crippen molar-refractivity contribution < 1.29 is 4.89 Å². The Morgan fingerprint density at radius 1 is 1.75 bits per heavy atom. The van der Waals surface area contributed by atoms with Gasteiger partial charge < -0.3 is 4.89 Å². The normalized spacial score (nSPS) is 7.50. The molecule has 0 saturated heterocycles. The first kappa shape index (κ1) is 8.84. The van der Waals surface area contributed by atoms with Crippen LogP contribution in [0, 0.1) is 0 Å². The first-order chi connectivity index (χ1) is 1.41. The third-order valence-corrected chi connectivity index (χ3v) is 0. The van der Waals surface area contributed by atoms with Crippen molar-refractivity contribution in [1.29, 1.82) is 0 Å². The SMILES string of the molecule is C.NPO. The summed E-state index contributed by atoms with van der Waals surface area (Å²) in [4.78, 5) is 7.38. The van der Waals surface area contributed by atoms with Crippen LogP contribution in [0.5, 0.6) is 0 Å². The minimum Gasteiger partial charge on any atom is -0.362 e. The highest BCUT2D eigenvalue weighted by molar-refractivity contribution is 7.27. The van der Waals surface area contributed by atoms with Crippen molar-refractivity contribution in [1.82, 2.24) is 0 Å². The van der Waals surface area contributed by atoms with Gasteiger partial charge in [0.2, 0.25) is 0 Å². The molecule has 0 spiro atoms. The molecule has 0 rings (SSSR count). The summed E-state index contributed by atoms with van der Waals surface area (Å²) in [6.45, 7) is 0. The zero-order valence-electron chi connectivity index (χ0n) is 1.52. The summed E-state index contributed by atoms with van der Waals surface area (Å²) in [6.07, 6.45) is 0. The lowest BCUT2D eigenvalue weighted by molar-refractivity contribution is 0.647. The Morgan fingerprint density at radius 3 is 1.75 bits per heavy atom. The number of hydrogen-bond acceptors (Lipinski definition) is 2. The van der Waals surface area contributed by atoms with Crippen molar-refractivity contribution >= 4 is 8.96 Å². The summed E-state index contributed by atoms with van der Waals surface area (Å²) in [7, 11) is -0.417. The van der Waals surface area contributed by atoms with Crippen LogP contribution in [0.2, 0.25) is 0 Å². The molecule has 0 bridgehead atoms. The molecule has 0 fully saturated rings. The minimum atomic E-state index is -0.417. The second kappa shape index (κ2) is 10.2. The van der Waals surface area contributed by atoms with E-state index in [-0.39, 0.29) is 7.43 Å². The highest BCUT2D eigenvalue weighted by Crippen LogP contribution is 1.72. The van der Waals surface area contributed by atoms with Gasteiger partial charge in [0.05, 0.1) is 8.96 Å². The zero-order chi connectivity index (χ0) is 2.71. The van der Waals surface area contributed by atoms with Gasteiger partial charge in [-0.3, -0.25) is 5.50 Å². The van der Waals surface area contributed by atoms with Crippen LogP contribution in [0.15, 0.2) is 0 Å². The molecule has 3 N–H and O–H groups in total. The molecule has 4 heavy (non-hydrogen) atoms. The molecule has 28 valence electrons. The molecule has 0 heterocycles. The molecule has 1 atom stereocenters. The van der Waals surface area contributed by atoms with Gasteiger partial charge in [-0.25, -0.2) is 0 Å². The summed E-state index contributed by atoms with van der Waals surface area (Å²) in [5.41, 5.74) is 4.43. The average molecular weight is 81.1 g/mol. The third kappa shape index (κ3) is 35.0. The standard InChI is InChI=1S/CH4.H4NOP/c;1-3-2/h1H4;2-3H,1H2. The van der Waals surface area contributed by atoms with Gasteiger partial charge in [0, 0.05) is 0 Å². The van der Waals surface area contributed by atoms with Crippen LogP contribution >= 0.6 is 8.96 Å². The quantitative estimate of drug-likeness (QED) is 0.406. The second-order valence-electron chi connectivity index (χ2n) is 0.129. The lowest BCUT2D eigenvalue weighted by Gasteiger charge is -1.55. The monoisotopic (exact) mass is 81.0 g/mol. The lowest BCUT2D eigenvalue weighted by atomic mass is 12.0. The molecule has 3 heteroatoms. The average Bonchev–Trinajstić information content (AvgIpc) is 0.918. The topological polar surface area (TPSA) is 46.2 Å². The predicted octanol–water partition coefficient (Wildman–Crippen LogP) is 0.0820. The Morgan fingerprint density at radius 2 is 1.75 bits per heavy atom. The maximum absolute atomic E-state index is 7.38. The first-order valence-corrected chi connectivity index (χ1v) is 1.54.